The van der Waals surface area contributed by atoms with Crippen LogP contribution in [0.4, 0.5) is 5.82 Å². The minimum atomic E-state index is 0.558. The Balaban J connectivity index is 1.41. The van der Waals surface area contributed by atoms with Crippen molar-refractivity contribution in [2.75, 3.05) is 25.0 Å². The lowest BCUT2D eigenvalue weighted by atomic mass is 9.92. The van der Waals surface area contributed by atoms with E-state index in [0.717, 1.165) is 66.0 Å². The highest BCUT2D eigenvalue weighted by molar-refractivity contribution is 6.10. The van der Waals surface area contributed by atoms with E-state index in [0.29, 0.717) is 17.2 Å². The fourth-order valence-corrected chi connectivity index (χ4v) is 5.07. The number of piperidine rings is 1. The van der Waals surface area contributed by atoms with Crippen LogP contribution in [0.25, 0.3) is 22.2 Å². The van der Waals surface area contributed by atoms with E-state index in [1.807, 2.05) is 37.6 Å². The normalized spacial score (nSPS) is 14.9. The van der Waals surface area contributed by atoms with Crippen molar-refractivity contribution in [1.82, 2.24) is 19.6 Å². The third-order valence-corrected chi connectivity index (χ3v) is 7.02. The molecule has 4 aromatic heterocycles. The molecule has 8 nitrogen and oxygen atoms in total. The molecule has 0 unspecified atom stereocenters. The van der Waals surface area contributed by atoms with Gasteiger partial charge in [0.05, 0.1) is 11.2 Å². The van der Waals surface area contributed by atoms with E-state index in [9.17, 15) is 5.26 Å². The molecule has 0 atom stereocenters. The van der Waals surface area contributed by atoms with Crippen LogP contribution < -0.4 is 10.6 Å². The Hall–Kier alpha value is -4.51. The van der Waals surface area contributed by atoms with Crippen molar-refractivity contribution in [3.8, 4) is 17.2 Å². The van der Waals surface area contributed by atoms with Crippen LogP contribution in [0.1, 0.15) is 35.4 Å². The third kappa shape index (κ3) is 4.94. The van der Waals surface area contributed by atoms with Gasteiger partial charge in [-0.15, -0.1) is 0 Å². The van der Waals surface area contributed by atoms with Crippen LogP contribution in [0.15, 0.2) is 66.2 Å². The number of nitriles is 1. The highest BCUT2D eigenvalue weighted by Gasteiger charge is 2.22. The molecule has 8 heteroatoms. The lowest BCUT2D eigenvalue weighted by Crippen LogP contribution is -2.34. The molecule has 5 rings (SSSR count). The molecule has 37 heavy (non-hydrogen) atoms. The summed E-state index contributed by atoms with van der Waals surface area (Å²) < 4.78 is 1.76. The average Bonchev–Trinajstić information content (AvgIpc) is 3.27. The van der Waals surface area contributed by atoms with Crippen molar-refractivity contribution in [2.24, 2.45) is 16.6 Å². The van der Waals surface area contributed by atoms with Gasteiger partial charge in [-0.05, 0) is 62.4 Å². The number of aliphatic imine (C=N–C) groups is 1. The molecule has 1 fully saturated rings. The molecule has 1 aliphatic heterocycles. The topological polar surface area (TPSA) is 108 Å². The third-order valence-electron chi connectivity index (χ3n) is 7.02. The molecule has 2 N–H and O–H groups in total. The highest BCUT2D eigenvalue weighted by Crippen LogP contribution is 2.32. The summed E-state index contributed by atoms with van der Waals surface area (Å²) in [4.78, 5) is 15.8. The molecule has 1 aliphatic rings. The molecule has 1 saturated heterocycles. The standard InChI is InChI=1S/C29H30N8/c1-20-27(16-31)29-26(14-23(19-37(29)35-20)24(15-30)17-32-2)22-6-7-28(34-18-22)36-11-8-21(9-12-36)13-25-5-3-4-10-33-25/h3-7,10,14-15,17-19,21H,8-9,11-13,30H2,1-2H3. The number of allylic oxidation sites excluding steroid dienone is 1. The molecular weight excluding hydrogens is 460 g/mol. The Morgan fingerprint density at radius 1 is 1.22 bits per heavy atom. The fourth-order valence-electron chi connectivity index (χ4n) is 5.07. The number of hydrogen-bond donors (Lipinski definition) is 1. The van der Waals surface area contributed by atoms with Gasteiger partial charge in [0.1, 0.15) is 17.5 Å². The predicted molar refractivity (Wildman–Crippen MR) is 147 cm³/mol. The molecule has 0 amide bonds. The lowest BCUT2D eigenvalue weighted by Gasteiger charge is -2.32. The monoisotopic (exact) mass is 490 g/mol. The molecule has 0 saturated carbocycles. The maximum absolute atomic E-state index is 9.83. The van der Waals surface area contributed by atoms with Crippen LogP contribution in [-0.2, 0) is 6.42 Å². The van der Waals surface area contributed by atoms with Gasteiger partial charge < -0.3 is 10.6 Å². The summed E-state index contributed by atoms with van der Waals surface area (Å²) in [6, 6.07) is 14.6. The van der Waals surface area contributed by atoms with Crippen LogP contribution >= 0.6 is 0 Å². The summed E-state index contributed by atoms with van der Waals surface area (Å²) in [6.45, 7) is 3.80. The Labute approximate surface area is 216 Å². The van der Waals surface area contributed by atoms with Gasteiger partial charge in [0.2, 0.25) is 0 Å². The number of fused-ring (bicyclic) bond motifs is 1. The number of pyridine rings is 3. The van der Waals surface area contributed by atoms with Crippen molar-refractivity contribution < 1.29 is 0 Å². The van der Waals surface area contributed by atoms with Gasteiger partial charge in [0.15, 0.2) is 0 Å². The van der Waals surface area contributed by atoms with Gasteiger partial charge in [-0.1, -0.05) is 6.07 Å². The number of rotatable bonds is 6. The van der Waals surface area contributed by atoms with E-state index in [-0.39, 0.29) is 0 Å². The molecule has 0 aromatic carbocycles. The summed E-state index contributed by atoms with van der Waals surface area (Å²) >= 11 is 0. The zero-order valence-electron chi connectivity index (χ0n) is 21.2. The summed E-state index contributed by atoms with van der Waals surface area (Å²) in [5, 5.41) is 14.4. The molecule has 0 radical (unpaired) electrons. The first-order chi connectivity index (χ1) is 18.1. The second kappa shape index (κ2) is 10.6. The predicted octanol–water partition coefficient (Wildman–Crippen LogP) is 4.43. The van der Waals surface area contributed by atoms with Gasteiger partial charge >= 0.3 is 0 Å². The number of anilines is 1. The molecule has 4 aromatic rings. The van der Waals surface area contributed by atoms with Crippen LogP contribution in [-0.4, -0.2) is 45.9 Å². The van der Waals surface area contributed by atoms with Gasteiger partial charge in [0, 0.05) is 79.1 Å². The number of aryl methyl sites for hydroxylation is 1. The number of nitrogens with zero attached hydrogens (tertiary/aromatic N) is 7. The van der Waals surface area contributed by atoms with E-state index in [1.165, 1.54) is 11.9 Å². The molecule has 0 bridgehead atoms. The fraction of sp³-hybridized carbons (Fsp3) is 0.276. The van der Waals surface area contributed by atoms with Crippen LogP contribution in [0.2, 0.25) is 0 Å². The van der Waals surface area contributed by atoms with E-state index in [2.05, 4.69) is 50.3 Å². The van der Waals surface area contributed by atoms with Gasteiger partial charge in [0.25, 0.3) is 0 Å². The quantitative estimate of drug-likeness (QED) is 0.401. The van der Waals surface area contributed by atoms with Crippen LogP contribution in [0.5, 0.6) is 0 Å². The van der Waals surface area contributed by atoms with Crippen molar-refractivity contribution in [3.63, 3.8) is 0 Å². The zero-order valence-corrected chi connectivity index (χ0v) is 21.2. The minimum absolute atomic E-state index is 0.558. The summed E-state index contributed by atoms with van der Waals surface area (Å²) in [5.74, 6) is 1.62. The molecule has 186 valence electrons. The Morgan fingerprint density at radius 3 is 2.70 bits per heavy atom. The minimum Gasteiger partial charge on any atom is -0.404 e. The second-order valence-electron chi connectivity index (χ2n) is 9.38. The van der Waals surface area contributed by atoms with Gasteiger partial charge in [-0.3, -0.25) is 9.98 Å². The summed E-state index contributed by atoms with van der Waals surface area (Å²) in [5.41, 5.74) is 12.5. The van der Waals surface area contributed by atoms with E-state index < -0.39 is 0 Å². The van der Waals surface area contributed by atoms with E-state index in [1.54, 1.807) is 17.8 Å². The Kier molecular flexibility index (Phi) is 6.95. The lowest BCUT2D eigenvalue weighted by molar-refractivity contribution is 0.399. The molecule has 0 aliphatic carbocycles. The van der Waals surface area contributed by atoms with Crippen molar-refractivity contribution in [1.29, 1.82) is 5.26 Å². The zero-order chi connectivity index (χ0) is 25.8. The SMILES string of the molecule is CN=CC(=CN)c1cc(-c2ccc(N3CCC(Cc4ccccn4)CC3)nc2)c2c(C#N)c(C)nn2c1. The molecule has 5 heterocycles. The smallest absolute Gasteiger partial charge is 0.128 e. The number of aromatic nitrogens is 4. The molecule has 0 spiro atoms. The van der Waals surface area contributed by atoms with Crippen molar-refractivity contribution in [2.45, 2.75) is 26.2 Å². The van der Waals surface area contributed by atoms with E-state index in [4.69, 9.17) is 10.7 Å². The maximum atomic E-state index is 9.83. The first-order valence-electron chi connectivity index (χ1n) is 12.5. The maximum Gasteiger partial charge on any atom is 0.128 e. The summed E-state index contributed by atoms with van der Waals surface area (Å²) in [6.07, 6.45) is 12.1. The van der Waals surface area contributed by atoms with Crippen LogP contribution in [0, 0.1) is 24.2 Å². The summed E-state index contributed by atoms with van der Waals surface area (Å²) in [7, 11) is 1.71. The molecular formula is C29H30N8. The van der Waals surface area contributed by atoms with Crippen molar-refractivity contribution in [3.05, 3.63) is 83.7 Å². The van der Waals surface area contributed by atoms with Gasteiger partial charge in [-0.2, -0.15) is 10.4 Å². The van der Waals surface area contributed by atoms with Crippen LogP contribution in [0.3, 0.4) is 0 Å². The Bertz CT molecular complexity index is 1490. The Morgan fingerprint density at radius 2 is 2.05 bits per heavy atom. The number of nitrogens with two attached hydrogens (primary N) is 1. The first-order valence-corrected chi connectivity index (χ1v) is 12.5. The van der Waals surface area contributed by atoms with Gasteiger partial charge in [-0.25, -0.2) is 9.50 Å². The average molecular weight is 491 g/mol. The number of hydrogen-bond acceptors (Lipinski definition) is 7. The largest absolute Gasteiger partial charge is 0.404 e. The first kappa shape index (κ1) is 24.2. The van der Waals surface area contributed by atoms with Crippen molar-refractivity contribution >= 4 is 23.1 Å². The second-order valence-corrected chi connectivity index (χ2v) is 9.38. The van der Waals surface area contributed by atoms with E-state index >= 15 is 0 Å². The highest BCUT2D eigenvalue weighted by atomic mass is 15.2.